The highest BCUT2D eigenvalue weighted by molar-refractivity contribution is 7.91. The molecular weight excluding hydrogens is 238 g/mol. The van der Waals surface area contributed by atoms with Crippen LogP contribution >= 0.6 is 0 Å². The Morgan fingerprint density at radius 2 is 1.43 bits per heavy atom. The third-order valence-corrected chi connectivity index (χ3v) is 3.49. The molecule has 0 spiro atoms. The van der Waals surface area contributed by atoms with Crippen LogP contribution in [0.15, 0.2) is 0 Å². The first-order valence-electron chi connectivity index (χ1n) is 3.25. The van der Waals surface area contributed by atoms with Gasteiger partial charge in [-0.3, -0.25) is 0 Å². The maximum absolute atomic E-state index is 12.8. The van der Waals surface area contributed by atoms with Crippen molar-refractivity contribution in [2.75, 3.05) is 11.5 Å². The molecule has 1 heterocycles. The van der Waals surface area contributed by atoms with Gasteiger partial charge in [0, 0.05) is 0 Å². The molecule has 0 aromatic heterocycles. The van der Waals surface area contributed by atoms with Crippen molar-refractivity contribution >= 4 is 9.84 Å². The predicted molar refractivity (Wildman–Crippen MR) is 33.5 cm³/mol. The number of hydrogen-bond donors (Lipinski definition) is 0. The van der Waals surface area contributed by atoms with Crippen LogP contribution in [0.5, 0.6) is 0 Å². The molecule has 1 saturated heterocycles. The number of alkyl halides is 6. The topological polar surface area (TPSA) is 34.1 Å². The summed E-state index contributed by atoms with van der Waals surface area (Å²) in [4.78, 5) is 0. The molecule has 14 heavy (non-hydrogen) atoms. The van der Waals surface area contributed by atoms with Crippen molar-refractivity contribution in [2.45, 2.75) is 17.8 Å². The SMILES string of the molecule is O=S1(=O)CC(F)(F)C(F)(C(F)(F)F)C1. The van der Waals surface area contributed by atoms with Crippen LogP contribution in [0, 0.1) is 0 Å². The monoisotopic (exact) mass is 242 g/mol. The molecule has 1 aliphatic heterocycles. The van der Waals surface area contributed by atoms with Crippen LogP contribution in [0.2, 0.25) is 0 Å². The summed E-state index contributed by atoms with van der Waals surface area (Å²) in [5.41, 5.74) is -4.96. The van der Waals surface area contributed by atoms with Gasteiger partial charge < -0.3 is 0 Å². The Balaban J connectivity index is 3.26. The quantitative estimate of drug-likeness (QED) is 0.600. The van der Waals surface area contributed by atoms with Crippen molar-refractivity contribution in [3.8, 4) is 0 Å². The van der Waals surface area contributed by atoms with Crippen LogP contribution in [0.4, 0.5) is 26.3 Å². The van der Waals surface area contributed by atoms with Crippen LogP contribution in [-0.4, -0.2) is 37.7 Å². The average Bonchev–Trinajstić information content (AvgIpc) is 1.94. The minimum atomic E-state index is -5.89. The fraction of sp³-hybridized carbons (Fsp3) is 1.00. The van der Waals surface area contributed by atoms with E-state index in [4.69, 9.17) is 0 Å². The molecule has 0 aromatic rings. The van der Waals surface area contributed by atoms with Gasteiger partial charge in [-0.15, -0.1) is 0 Å². The molecule has 0 aliphatic carbocycles. The Hall–Kier alpha value is -0.470. The summed E-state index contributed by atoms with van der Waals surface area (Å²) in [5, 5.41) is 0. The van der Waals surface area contributed by atoms with E-state index >= 15 is 0 Å². The van der Waals surface area contributed by atoms with Gasteiger partial charge in [0.15, 0.2) is 9.84 Å². The Bertz CT molecular complexity index is 344. The first-order chi connectivity index (χ1) is 5.91. The van der Waals surface area contributed by atoms with E-state index in [0.29, 0.717) is 0 Å². The Morgan fingerprint density at radius 1 is 1.00 bits per heavy atom. The molecule has 0 aromatic carbocycles. The van der Waals surface area contributed by atoms with Gasteiger partial charge in [-0.05, 0) is 0 Å². The van der Waals surface area contributed by atoms with Crippen LogP contribution in [-0.2, 0) is 9.84 Å². The lowest BCUT2D eigenvalue weighted by Gasteiger charge is -2.27. The maximum atomic E-state index is 12.8. The molecule has 0 bridgehead atoms. The van der Waals surface area contributed by atoms with E-state index in [0.717, 1.165) is 0 Å². The highest BCUT2D eigenvalue weighted by Crippen LogP contribution is 2.50. The van der Waals surface area contributed by atoms with Crippen molar-refractivity contribution in [3.63, 3.8) is 0 Å². The summed E-state index contributed by atoms with van der Waals surface area (Å²) in [7, 11) is -4.69. The Kier molecular flexibility index (Phi) is 2.12. The van der Waals surface area contributed by atoms with Crippen molar-refractivity contribution in [3.05, 3.63) is 0 Å². The molecule has 1 rings (SSSR count). The average molecular weight is 242 g/mol. The number of hydrogen-bond acceptors (Lipinski definition) is 2. The number of rotatable bonds is 0. The van der Waals surface area contributed by atoms with E-state index in [2.05, 4.69) is 0 Å². The predicted octanol–water partition coefficient (Wildman–Crippen LogP) is 1.32. The summed E-state index contributed by atoms with van der Waals surface area (Å²) in [6.07, 6.45) is -5.89. The van der Waals surface area contributed by atoms with Gasteiger partial charge in [-0.2, -0.15) is 13.2 Å². The molecule has 84 valence electrons. The van der Waals surface area contributed by atoms with Crippen molar-refractivity contribution in [1.82, 2.24) is 0 Å². The molecule has 1 fully saturated rings. The van der Waals surface area contributed by atoms with E-state index in [1.807, 2.05) is 0 Å². The van der Waals surface area contributed by atoms with Gasteiger partial charge in [0.05, 0.1) is 5.75 Å². The molecule has 1 atom stereocenters. The van der Waals surface area contributed by atoms with Crippen molar-refractivity contribution in [2.24, 2.45) is 0 Å². The molecule has 0 amide bonds. The lowest BCUT2D eigenvalue weighted by molar-refractivity contribution is -0.282. The van der Waals surface area contributed by atoms with Gasteiger partial charge in [-0.1, -0.05) is 0 Å². The smallest absolute Gasteiger partial charge is 0.228 e. The fourth-order valence-corrected chi connectivity index (χ4v) is 3.00. The van der Waals surface area contributed by atoms with Gasteiger partial charge >= 0.3 is 12.1 Å². The second-order valence-electron chi connectivity index (χ2n) is 3.04. The third-order valence-electron chi connectivity index (χ3n) is 1.85. The van der Waals surface area contributed by atoms with E-state index in [1.165, 1.54) is 0 Å². The summed E-state index contributed by atoms with van der Waals surface area (Å²) >= 11 is 0. The first kappa shape index (κ1) is 11.6. The number of sulfone groups is 1. The molecule has 9 heteroatoms. The third kappa shape index (κ3) is 1.47. The van der Waals surface area contributed by atoms with Crippen LogP contribution < -0.4 is 0 Å². The summed E-state index contributed by atoms with van der Waals surface area (Å²) in [6.45, 7) is 0. The van der Waals surface area contributed by atoms with Gasteiger partial charge in [0.1, 0.15) is 5.75 Å². The van der Waals surface area contributed by atoms with Gasteiger partial charge in [-0.25, -0.2) is 21.6 Å². The second kappa shape index (κ2) is 2.56. The van der Waals surface area contributed by atoms with Gasteiger partial charge in [0.2, 0.25) is 0 Å². The minimum Gasteiger partial charge on any atom is -0.228 e. The summed E-state index contributed by atoms with van der Waals surface area (Å²) in [6, 6.07) is 0. The van der Waals surface area contributed by atoms with E-state index in [-0.39, 0.29) is 0 Å². The maximum Gasteiger partial charge on any atom is 0.429 e. The second-order valence-corrected chi connectivity index (χ2v) is 5.10. The lowest BCUT2D eigenvalue weighted by atomic mass is 10.0. The highest BCUT2D eigenvalue weighted by atomic mass is 32.2. The zero-order chi connectivity index (χ0) is 11.4. The largest absolute Gasteiger partial charge is 0.429 e. The standard InChI is InChI=1S/C5H4F6O2S/c6-3(5(9,10)11)1-14(12,13)2-4(3,7)8/h1-2H2. The van der Waals surface area contributed by atoms with E-state index in [9.17, 15) is 34.8 Å². The molecule has 2 nitrogen and oxygen atoms in total. The number of halogens is 6. The minimum absolute atomic E-state index is 2.10. The van der Waals surface area contributed by atoms with E-state index < -0.39 is 39.1 Å². The molecule has 0 radical (unpaired) electrons. The Morgan fingerprint density at radius 3 is 1.57 bits per heavy atom. The molecule has 0 saturated carbocycles. The molecule has 0 N–H and O–H groups in total. The van der Waals surface area contributed by atoms with Gasteiger partial charge in [0.25, 0.3) is 5.67 Å². The van der Waals surface area contributed by atoms with Crippen LogP contribution in [0.3, 0.4) is 0 Å². The van der Waals surface area contributed by atoms with Crippen molar-refractivity contribution < 1.29 is 34.8 Å². The lowest BCUT2D eigenvalue weighted by Crippen LogP contribution is -2.54. The van der Waals surface area contributed by atoms with Crippen LogP contribution in [0.25, 0.3) is 0 Å². The zero-order valence-electron chi connectivity index (χ0n) is 6.41. The first-order valence-corrected chi connectivity index (χ1v) is 5.07. The molecule has 1 aliphatic rings. The molecular formula is C5H4F6O2S. The normalized spacial score (nSPS) is 35.9. The van der Waals surface area contributed by atoms with E-state index in [1.54, 1.807) is 0 Å². The zero-order valence-corrected chi connectivity index (χ0v) is 7.22. The summed E-state index contributed by atoms with van der Waals surface area (Å²) < 4.78 is 94.4. The van der Waals surface area contributed by atoms with Crippen molar-refractivity contribution in [1.29, 1.82) is 0 Å². The Labute approximate surface area is 74.8 Å². The van der Waals surface area contributed by atoms with Crippen LogP contribution in [0.1, 0.15) is 0 Å². The highest BCUT2D eigenvalue weighted by Gasteiger charge is 2.77. The summed E-state index contributed by atoms with van der Waals surface area (Å²) in [5.74, 6) is -9.23. The molecule has 1 unspecified atom stereocenters. The fourth-order valence-electron chi connectivity index (χ4n) is 1.14.